The molecular weight excluding hydrogens is 509 g/mol. The molecule has 8 nitrogen and oxygen atoms in total. The average molecular weight is 544 g/mol. The Hall–Kier alpha value is -2.43. The van der Waals surface area contributed by atoms with Crippen molar-refractivity contribution in [3.63, 3.8) is 0 Å². The minimum atomic E-state index is -0.667. The van der Waals surface area contributed by atoms with Crippen LogP contribution in [0.4, 0.5) is 10.3 Å². The Morgan fingerprint density at radius 2 is 1.89 bits per heavy atom. The van der Waals surface area contributed by atoms with Crippen LogP contribution in [-0.4, -0.2) is 75.6 Å². The number of aromatic nitrogens is 3. The molecular formula is C28H35ClFN5O3. The van der Waals surface area contributed by atoms with Crippen LogP contribution in [0, 0.1) is 5.82 Å². The fourth-order valence-corrected chi connectivity index (χ4v) is 5.70. The van der Waals surface area contributed by atoms with Crippen LogP contribution in [0.3, 0.4) is 0 Å². The van der Waals surface area contributed by atoms with Gasteiger partial charge >= 0.3 is 0 Å². The average Bonchev–Trinajstić information content (AvgIpc) is 2.88. The number of benzene rings is 1. The largest absolute Gasteiger partial charge is 0.389 e. The molecule has 2 aliphatic rings. The lowest BCUT2D eigenvalue weighted by atomic mass is 9.91. The van der Waals surface area contributed by atoms with E-state index in [1.54, 1.807) is 0 Å². The number of nitrogens with one attached hydrogen (secondary N) is 1. The van der Waals surface area contributed by atoms with Gasteiger partial charge in [0, 0.05) is 42.4 Å². The molecule has 10 heteroatoms. The van der Waals surface area contributed by atoms with Gasteiger partial charge in [-0.1, -0.05) is 25.4 Å². The fraction of sp³-hybridized carbons (Fsp3) is 0.536. The van der Waals surface area contributed by atoms with E-state index in [2.05, 4.69) is 52.9 Å². The van der Waals surface area contributed by atoms with E-state index in [4.69, 9.17) is 21.1 Å². The first kappa shape index (κ1) is 27.1. The van der Waals surface area contributed by atoms with Crippen molar-refractivity contribution >= 4 is 28.5 Å². The highest BCUT2D eigenvalue weighted by atomic mass is 35.5. The molecule has 1 aromatic carbocycles. The van der Waals surface area contributed by atoms with E-state index in [0.717, 1.165) is 16.5 Å². The third-order valence-electron chi connectivity index (χ3n) is 7.49. The summed E-state index contributed by atoms with van der Waals surface area (Å²) in [5.74, 6) is 0.0371. The van der Waals surface area contributed by atoms with Gasteiger partial charge in [0.1, 0.15) is 11.3 Å². The molecule has 0 bridgehead atoms. The maximum Gasteiger partial charge on any atom is 0.223 e. The summed E-state index contributed by atoms with van der Waals surface area (Å²) in [6.07, 6.45) is 3.27. The monoisotopic (exact) mass is 543 g/mol. The number of aliphatic hydroxyl groups excluding tert-OH is 1. The number of nitrogens with zero attached hydrogens (tertiary/aromatic N) is 4. The molecule has 204 valence electrons. The van der Waals surface area contributed by atoms with Crippen molar-refractivity contribution < 1.29 is 19.0 Å². The van der Waals surface area contributed by atoms with Gasteiger partial charge in [-0.15, -0.1) is 0 Å². The lowest BCUT2D eigenvalue weighted by Crippen LogP contribution is -2.49. The van der Waals surface area contributed by atoms with Crippen LogP contribution in [0.15, 0.2) is 24.5 Å². The van der Waals surface area contributed by atoms with Crippen LogP contribution < -0.4 is 5.32 Å². The molecule has 2 N–H and O–H groups in total. The zero-order valence-corrected chi connectivity index (χ0v) is 23.0. The van der Waals surface area contributed by atoms with Gasteiger partial charge in [-0.3, -0.25) is 9.88 Å². The Labute approximate surface area is 227 Å². The number of hydrogen-bond donors (Lipinski definition) is 2. The minimum Gasteiger partial charge on any atom is -0.389 e. The zero-order valence-electron chi connectivity index (χ0n) is 22.2. The molecule has 2 fully saturated rings. The number of aliphatic hydroxyl groups is 1. The lowest BCUT2D eigenvalue weighted by Gasteiger charge is -2.39. The molecule has 2 aliphatic heterocycles. The van der Waals surface area contributed by atoms with Crippen LogP contribution in [0.5, 0.6) is 0 Å². The number of pyridine rings is 1. The van der Waals surface area contributed by atoms with Crippen molar-refractivity contribution in [3.05, 3.63) is 46.5 Å². The molecule has 0 aliphatic carbocycles. The Morgan fingerprint density at radius 1 is 1.13 bits per heavy atom. The smallest absolute Gasteiger partial charge is 0.223 e. The molecule has 0 radical (unpaired) electrons. The topological polar surface area (TPSA) is 92.6 Å². The molecule has 2 aromatic heterocycles. The number of rotatable bonds is 6. The third-order valence-corrected chi connectivity index (χ3v) is 7.76. The summed E-state index contributed by atoms with van der Waals surface area (Å²) in [4.78, 5) is 15.9. The molecule has 4 heterocycles. The van der Waals surface area contributed by atoms with Crippen LogP contribution in [-0.2, 0) is 16.0 Å². The number of hydrogen-bond acceptors (Lipinski definition) is 8. The first-order valence-electron chi connectivity index (χ1n) is 13.2. The highest BCUT2D eigenvalue weighted by Gasteiger charge is 2.28. The Kier molecular flexibility index (Phi) is 8.11. The van der Waals surface area contributed by atoms with Gasteiger partial charge < -0.3 is 19.9 Å². The molecule has 0 saturated carbocycles. The number of morpholine rings is 1. The van der Waals surface area contributed by atoms with E-state index in [9.17, 15) is 5.11 Å². The molecule has 0 amide bonds. The SMILES string of the molecule is CC(C)c1c(CN2[C@H](C)COC[C@@H]2C)cnc2c(F)cc(-c3nc(N[C@@H]4CCOC[C@@H]4O)ncc3Cl)cc12. The number of fused-ring (bicyclic) bond motifs is 1. The van der Waals surface area contributed by atoms with Crippen molar-refractivity contribution in [1.82, 2.24) is 19.9 Å². The summed E-state index contributed by atoms with van der Waals surface area (Å²) in [6, 6.07) is 3.66. The quantitative estimate of drug-likeness (QED) is 0.459. The molecule has 38 heavy (non-hydrogen) atoms. The molecule has 0 spiro atoms. The molecule has 3 aromatic rings. The fourth-order valence-electron chi connectivity index (χ4n) is 5.50. The second-order valence-corrected chi connectivity index (χ2v) is 11.1. The highest BCUT2D eigenvalue weighted by Crippen LogP contribution is 2.36. The second-order valence-electron chi connectivity index (χ2n) is 10.7. The standard InChI is InChI=1S/C28H35ClFN5O3/c1-15(2)25-19(11-35-16(3)12-38-13-17(35)4)9-31-27-20(25)7-18(8-22(27)30)26-21(29)10-32-28(34-26)33-23-5-6-37-14-24(23)36/h7-10,15-17,23-24,36H,5-6,11-14H2,1-4H3,(H,32,33,34)/t16-,17+,23-,24+/m1/s1. The third kappa shape index (κ3) is 5.49. The van der Waals surface area contributed by atoms with Crippen LogP contribution >= 0.6 is 11.6 Å². The predicted octanol–water partition coefficient (Wildman–Crippen LogP) is 4.78. The summed E-state index contributed by atoms with van der Waals surface area (Å²) in [5.41, 5.74) is 3.44. The minimum absolute atomic E-state index is 0.143. The summed E-state index contributed by atoms with van der Waals surface area (Å²) >= 11 is 6.52. The van der Waals surface area contributed by atoms with Gasteiger partial charge in [0.25, 0.3) is 0 Å². The van der Waals surface area contributed by atoms with E-state index < -0.39 is 11.9 Å². The van der Waals surface area contributed by atoms with Gasteiger partial charge in [-0.05, 0) is 49.4 Å². The van der Waals surface area contributed by atoms with Crippen LogP contribution in [0.2, 0.25) is 5.02 Å². The van der Waals surface area contributed by atoms with Crippen molar-refractivity contribution in [2.75, 3.05) is 31.7 Å². The molecule has 4 atom stereocenters. The van der Waals surface area contributed by atoms with Crippen LogP contribution in [0.25, 0.3) is 22.2 Å². The Morgan fingerprint density at radius 3 is 2.61 bits per heavy atom. The molecule has 0 unspecified atom stereocenters. The first-order valence-corrected chi connectivity index (χ1v) is 13.6. The maximum absolute atomic E-state index is 15.5. The van der Waals surface area contributed by atoms with Gasteiger partial charge in [-0.25, -0.2) is 14.4 Å². The maximum atomic E-state index is 15.5. The van der Waals surface area contributed by atoms with E-state index in [0.29, 0.717) is 60.5 Å². The van der Waals surface area contributed by atoms with Crippen molar-refractivity contribution in [1.29, 1.82) is 0 Å². The van der Waals surface area contributed by atoms with Crippen molar-refractivity contribution in [2.45, 2.75) is 70.8 Å². The summed E-state index contributed by atoms with van der Waals surface area (Å²) in [7, 11) is 0. The van der Waals surface area contributed by atoms with Crippen LogP contribution in [0.1, 0.15) is 51.2 Å². The van der Waals surface area contributed by atoms with E-state index >= 15 is 4.39 Å². The summed E-state index contributed by atoms with van der Waals surface area (Å²) < 4.78 is 26.5. The van der Waals surface area contributed by atoms with Gasteiger partial charge in [-0.2, -0.15) is 0 Å². The van der Waals surface area contributed by atoms with E-state index in [1.165, 1.54) is 12.3 Å². The van der Waals surface area contributed by atoms with E-state index in [-0.39, 0.29) is 30.7 Å². The molecule has 2 saturated heterocycles. The van der Waals surface area contributed by atoms with Crippen molar-refractivity contribution in [2.24, 2.45) is 0 Å². The number of ether oxygens (including phenoxy) is 2. The van der Waals surface area contributed by atoms with Gasteiger partial charge in [0.2, 0.25) is 5.95 Å². The van der Waals surface area contributed by atoms with Gasteiger partial charge in [0.15, 0.2) is 0 Å². The number of halogens is 2. The second kappa shape index (κ2) is 11.4. The highest BCUT2D eigenvalue weighted by molar-refractivity contribution is 6.33. The van der Waals surface area contributed by atoms with Gasteiger partial charge in [0.05, 0.1) is 48.9 Å². The zero-order chi connectivity index (χ0) is 27.0. The predicted molar refractivity (Wildman–Crippen MR) is 146 cm³/mol. The summed E-state index contributed by atoms with van der Waals surface area (Å²) in [6.45, 7) is 11.5. The number of anilines is 1. The van der Waals surface area contributed by atoms with E-state index in [1.807, 2.05) is 12.3 Å². The summed E-state index contributed by atoms with van der Waals surface area (Å²) in [5, 5.41) is 14.5. The van der Waals surface area contributed by atoms with Crippen molar-refractivity contribution in [3.8, 4) is 11.3 Å². The molecule has 5 rings (SSSR count). The normalized spacial score (nSPS) is 24.7. The lowest BCUT2D eigenvalue weighted by molar-refractivity contribution is -0.0411. The first-order chi connectivity index (χ1) is 18.2. The Bertz CT molecular complexity index is 1300. The Balaban J connectivity index is 1.55.